The predicted octanol–water partition coefficient (Wildman–Crippen LogP) is 4.18. The van der Waals surface area contributed by atoms with Crippen LogP contribution in [-0.2, 0) is 11.4 Å². The van der Waals surface area contributed by atoms with Crippen LogP contribution in [0.3, 0.4) is 0 Å². The summed E-state index contributed by atoms with van der Waals surface area (Å²) in [5.74, 6) is -0.512. The number of amides is 1. The van der Waals surface area contributed by atoms with E-state index in [1.807, 2.05) is 42.5 Å². The van der Waals surface area contributed by atoms with Crippen LogP contribution < -0.4 is 5.48 Å². The monoisotopic (exact) mass is 502 g/mol. The molecular formula is C26H23ClN6O3. The van der Waals surface area contributed by atoms with E-state index in [2.05, 4.69) is 20.8 Å². The maximum Gasteiger partial charge on any atom is 0.276 e. The second-order valence-electron chi connectivity index (χ2n) is 8.92. The molecule has 0 saturated heterocycles. The Kier molecular flexibility index (Phi) is 6.36. The molecule has 0 aliphatic heterocycles. The number of aliphatic hydroxyl groups excluding tert-OH is 1. The van der Waals surface area contributed by atoms with Crippen LogP contribution in [0.5, 0.6) is 0 Å². The van der Waals surface area contributed by atoms with Gasteiger partial charge in [-0.15, -0.1) is 5.10 Å². The Balaban J connectivity index is 1.42. The van der Waals surface area contributed by atoms with Gasteiger partial charge in [-0.3, -0.25) is 14.6 Å². The van der Waals surface area contributed by atoms with Crippen molar-refractivity contribution in [2.24, 2.45) is 0 Å². The third-order valence-electron chi connectivity index (χ3n) is 5.71. The molecule has 5 aromatic rings. The lowest BCUT2D eigenvalue weighted by atomic mass is 10.1. The standard InChI is InChI=1S/C26H23ClN6O3/c1-26(2,15-34)36-31-25(35)19-9-8-17(13-20(19)27)21-10-11-22-24(29-21)33(32-30-22)14-18-6-3-5-16-7-4-12-28-23(16)18/h3-13,34H,14-15H2,1-2H3,(H,31,35). The summed E-state index contributed by atoms with van der Waals surface area (Å²) in [5, 5.41) is 19.1. The third-order valence-corrected chi connectivity index (χ3v) is 6.02. The van der Waals surface area contributed by atoms with Crippen molar-refractivity contribution in [3.05, 3.63) is 83.0 Å². The van der Waals surface area contributed by atoms with E-state index in [9.17, 15) is 9.90 Å². The number of hydroxylamine groups is 1. The highest BCUT2D eigenvalue weighted by Gasteiger charge is 2.21. The number of pyridine rings is 2. The predicted molar refractivity (Wildman–Crippen MR) is 136 cm³/mol. The van der Waals surface area contributed by atoms with Crippen molar-refractivity contribution in [3.8, 4) is 11.3 Å². The van der Waals surface area contributed by atoms with Gasteiger partial charge in [-0.25, -0.2) is 15.1 Å². The fourth-order valence-electron chi connectivity index (χ4n) is 3.71. The lowest BCUT2D eigenvalue weighted by Gasteiger charge is -2.21. The molecule has 0 spiro atoms. The number of rotatable bonds is 7. The first-order valence-corrected chi connectivity index (χ1v) is 11.6. The minimum absolute atomic E-state index is 0.241. The average Bonchev–Trinajstić information content (AvgIpc) is 3.29. The highest BCUT2D eigenvalue weighted by atomic mass is 35.5. The Morgan fingerprint density at radius 2 is 1.97 bits per heavy atom. The Hall–Kier alpha value is -3.92. The zero-order valence-corrected chi connectivity index (χ0v) is 20.4. The Labute approximate surface area is 211 Å². The van der Waals surface area contributed by atoms with E-state index in [1.165, 1.54) is 0 Å². The van der Waals surface area contributed by atoms with Gasteiger partial charge < -0.3 is 5.11 Å². The van der Waals surface area contributed by atoms with Gasteiger partial charge in [-0.2, -0.15) is 0 Å². The topological polar surface area (TPSA) is 115 Å². The van der Waals surface area contributed by atoms with Gasteiger partial charge in [0.25, 0.3) is 5.91 Å². The van der Waals surface area contributed by atoms with Gasteiger partial charge >= 0.3 is 0 Å². The van der Waals surface area contributed by atoms with E-state index in [0.717, 1.165) is 22.0 Å². The summed E-state index contributed by atoms with van der Waals surface area (Å²) in [5.41, 5.74) is 6.26. The first kappa shape index (κ1) is 23.8. The van der Waals surface area contributed by atoms with Crippen molar-refractivity contribution in [1.82, 2.24) is 30.4 Å². The molecule has 2 aromatic carbocycles. The van der Waals surface area contributed by atoms with Crippen LogP contribution >= 0.6 is 11.6 Å². The number of nitrogens with zero attached hydrogens (tertiary/aromatic N) is 5. The van der Waals surface area contributed by atoms with Crippen LogP contribution in [0.4, 0.5) is 0 Å². The van der Waals surface area contributed by atoms with Gasteiger partial charge in [0.1, 0.15) is 11.1 Å². The summed E-state index contributed by atoms with van der Waals surface area (Å²) in [6.07, 6.45) is 1.77. The van der Waals surface area contributed by atoms with E-state index in [-0.39, 0.29) is 17.2 Å². The molecule has 0 aliphatic carbocycles. The summed E-state index contributed by atoms with van der Waals surface area (Å²) in [7, 11) is 0. The molecule has 0 unspecified atom stereocenters. The fourth-order valence-corrected chi connectivity index (χ4v) is 3.97. The van der Waals surface area contributed by atoms with Crippen molar-refractivity contribution in [2.45, 2.75) is 26.0 Å². The Bertz CT molecular complexity index is 1580. The molecule has 182 valence electrons. The molecule has 1 amide bonds. The van der Waals surface area contributed by atoms with Crippen molar-refractivity contribution >= 4 is 39.6 Å². The third kappa shape index (κ3) is 4.76. The number of para-hydroxylation sites is 1. The number of aromatic nitrogens is 5. The minimum Gasteiger partial charge on any atom is -0.393 e. The lowest BCUT2D eigenvalue weighted by molar-refractivity contribution is -0.0956. The van der Waals surface area contributed by atoms with E-state index in [1.54, 1.807) is 42.9 Å². The lowest BCUT2D eigenvalue weighted by Crippen LogP contribution is -2.38. The molecule has 0 bridgehead atoms. The zero-order chi connectivity index (χ0) is 25.3. The number of aliphatic hydroxyl groups is 1. The SMILES string of the molecule is CC(C)(CO)ONC(=O)c1ccc(-c2ccc3nnn(Cc4cccc5cccnc45)c3n2)cc1Cl. The molecule has 10 heteroatoms. The average molecular weight is 503 g/mol. The molecule has 3 aromatic heterocycles. The fraction of sp³-hybridized carbons (Fsp3) is 0.192. The number of nitrogens with one attached hydrogen (secondary N) is 1. The molecule has 0 saturated carbocycles. The first-order chi connectivity index (χ1) is 17.3. The number of carbonyl (C=O) groups excluding carboxylic acids is 1. The van der Waals surface area contributed by atoms with Crippen LogP contribution in [-0.4, -0.2) is 48.2 Å². The van der Waals surface area contributed by atoms with Gasteiger partial charge in [-0.1, -0.05) is 47.1 Å². The largest absolute Gasteiger partial charge is 0.393 e. The Morgan fingerprint density at radius 3 is 2.78 bits per heavy atom. The molecule has 3 heterocycles. The maximum atomic E-state index is 12.5. The minimum atomic E-state index is -0.916. The number of hydrogen-bond donors (Lipinski definition) is 2. The van der Waals surface area contributed by atoms with Gasteiger partial charge in [0.2, 0.25) is 0 Å². The molecule has 0 atom stereocenters. The maximum absolute atomic E-state index is 12.5. The molecule has 5 rings (SSSR count). The molecule has 36 heavy (non-hydrogen) atoms. The van der Waals surface area contributed by atoms with E-state index < -0.39 is 11.5 Å². The number of benzene rings is 2. The normalized spacial score (nSPS) is 11.8. The summed E-state index contributed by atoms with van der Waals surface area (Å²) < 4.78 is 1.74. The van der Waals surface area contributed by atoms with Crippen molar-refractivity contribution in [2.75, 3.05) is 6.61 Å². The zero-order valence-electron chi connectivity index (χ0n) is 19.6. The highest BCUT2D eigenvalue weighted by Crippen LogP contribution is 2.26. The van der Waals surface area contributed by atoms with Crippen LogP contribution in [0.1, 0.15) is 29.8 Å². The summed E-state index contributed by atoms with van der Waals surface area (Å²) in [6.45, 7) is 3.51. The number of hydrogen-bond acceptors (Lipinski definition) is 7. The van der Waals surface area contributed by atoms with Crippen LogP contribution in [0, 0.1) is 0 Å². The quantitative estimate of drug-likeness (QED) is 0.321. The van der Waals surface area contributed by atoms with Crippen LogP contribution in [0.2, 0.25) is 5.02 Å². The Morgan fingerprint density at radius 1 is 1.14 bits per heavy atom. The van der Waals surface area contributed by atoms with E-state index >= 15 is 0 Å². The van der Waals surface area contributed by atoms with E-state index in [0.29, 0.717) is 23.4 Å². The molecule has 0 fully saturated rings. The van der Waals surface area contributed by atoms with Gasteiger partial charge in [0.15, 0.2) is 5.65 Å². The van der Waals surface area contributed by atoms with Crippen molar-refractivity contribution in [3.63, 3.8) is 0 Å². The van der Waals surface area contributed by atoms with Gasteiger partial charge in [0, 0.05) is 17.1 Å². The van der Waals surface area contributed by atoms with Crippen LogP contribution in [0.15, 0.2) is 66.9 Å². The second-order valence-corrected chi connectivity index (χ2v) is 9.33. The first-order valence-electron chi connectivity index (χ1n) is 11.3. The number of halogens is 1. The summed E-state index contributed by atoms with van der Waals surface area (Å²) in [4.78, 5) is 27.0. The van der Waals surface area contributed by atoms with Crippen molar-refractivity contribution in [1.29, 1.82) is 0 Å². The van der Waals surface area contributed by atoms with Crippen LogP contribution in [0.25, 0.3) is 33.3 Å². The molecule has 0 aliphatic rings. The molecular weight excluding hydrogens is 480 g/mol. The van der Waals surface area contributed by atoms with E-state index in [4.69, 9.17) is 21.4 Å². The molecule has 2 N–H and O–H groups in total. The van der Waals surface area contributed by atoms with Gasteiger partial charge in [0.05, 0.1) is 34.9 Å². The molecule has 9 nitrogen and oxygen atoms in total. The second kappa shape index (κ2) is 9.62. The summed E-state index contributed by atoms with van der Waals surface area (Å²) >= 11 is 6.42. The van der Waals surface area contributed by atoms with Gasteiger partial charge in [-0.05, 0) is 49.7 Å². The summed E-state index contributed by atoms with van der Waals surface area (Å²) in [6, 6.07) is 18.7. The highest BCUT2D eigenvalue weighted by molar-refractivity contribution is 6.34. The molecule has 0 radical (unpaired) electrons. The number of carbonyl (C=O) groups is 1. The van der Waals surface area contributed by atoms with Crippen molar-refractivity contribution < 1.29 is 14.7 Å². The smallest absolute Gasteiger partial charge is 0.276 e. The number of fused-ring (bicyclic) bond motifs is 2.